The maximum absolute atomic E-state index is 13.1. The van der Waals surface area contributed by atoms with E-state index in [4.69, 9.17) is 17.3 Å². The molecule has 0 aliphatic heterocycles. The normalized spacial score (nSPS) is 11.9. The highest BCUT2D eigenvalue weighted by Gasteiger charge is 2.31. The number of alkyl halides is 3. The molecule has 10 nitrogen and oxygen atoms in total. The van der Waals surface area contributed by atoms with Gasteiger partial charge in [0.05, 0.1) is 34.0 Å². The van der Waals surface area contributed by atoms with Gasteiger partial charge in [0.15, 0.2) is 5.82 Å². The average molecular weight is 562 g/mol. The topological polar surface area (TPSA) is 147 Å². The predicted molar refractivity (Wildman–Crippen MR) is 141 cm³/mol. The van der Waals surface area contributed by atoms with Crippen LogP contribution in [0.5, 0.6) is 0 Å². The van der Waals surface area contributed by atoms with Gasteiger partial charge in [0.2, 0.25) is 0 Å². The van der Waals surface area contributed by atoms with Gasteiger partial charge in [0.1, 0.15) is 11.8 Å². The lowest BCUT2D eigenvalue weighted by Gasteiger charge is -2.23. The van der Waals surface area contributed by atoms with Crippen molar-refractivity contribution in [1.29, 1.82) is 0 Å². The van der Waals surface area contributed by atoms with Gasteiger partial charge >= 0.3 is 12.2 Å². The van der Waals surface area contributed by atoms with Crippen molar-refractivity contribution >= 4 is 46.2 Å². The van der Waals surface area contributed by atoms with Crippen LogP contribution in [-0.4, -0.2) is 43.8 Å². The van der Waals surface area contributed by atoms with Crippen molar-refractivity contribution in [3.63, 3.8) is 0 Å². The first kappa shape index (κ1) is 27.7. The third kappa shape index (κ3) is 6.04. The molecule has 39 heavy (non-hydrogen) atoms. The number of nitrogens with one attached hydrogen (secondary N) is 3. The Kier molecular flexibility index (Phi) is 7.39. The van der Waals surface area contributed by atoms with E-state index in [0.29, 0.717) is 22.3 Å². The van der Waals surface area contributed by atoms with E-state index in [-0.39, 0.29) is 28.7 Å². The molecule has 0 aliphatic carbocycles. The van der Waals surface area contributed by atoms with E-state index in [0.717, 1.165) is 18.2 Å². The Labute approximate surface area is 225 Å². The molecule has 2 aromatic carbocycles. The van der Waals surface area contributed by atoms with Crippen LogP contribution in [0.15, 0.2) is 55.0 Å². The van der Waals surface area contributed by atoms with E-state index >= 15 is 0 Å². The number of anilines is 3. The zero-order valence-electron chi connectivity index (χ0n) is 20.6. The van der Waals surface area contributed by atoms with Gasteiger partial charge in [0.25, 0.3) is 5.91 Å². The van der Waals surface area contributed by atoms with E-state index in [1.54, 1.807) is 26.0 Å². The van der Waals surface area contributed by atoms with Crippen molar-refractivity contribution in [3.8, 4) is 11.1 Å². The van der Waals surface area contributed by atoms with Gasteiger partial charge in [-0.05, 0) is 49.7 Å². The second-order valence-corrected chi connectivity index (χ2v) is 9.61. The van der Waals surface area contributed by atoms with Crippen molar-refractivity contribution in [2.24, 2.45) is 0 Å². The van der Waals surface area contributed by atoms with Crippen LogP contribution in [0.25, 0.3) is 16.6 Å². The second kappa shape index (κ2) is 10.4. The van der Waals surface area contributed by atoms with Crippen molar-refractivity contribution in [2.75, 3.05) is 23.0 Å². The number of fused-ring (bicyclic) bond motifs is 1. The average Bonchev–Trinajstić information content (AvgIpc) is 3.26. The number of aliphatic hydroxyl groups excluding tert-OH is 1. The number of hydrogen-bond acceptors (Lipinski definition) is 6. The molecule has 4 rings (SSSR count). The fourth-order valence-electron chi connectivity index (χ4n) is 3.72. The first-order valence-corrected chi connectivity index (χ1v) is 11.8. The number of carbonyl (C=O) groups is 2. The van der Waals surface area contributed by atoms with Gasteiger partial charge in [-0.25, -0.2) is 14.3 Å². The van der Waals surface area contributed by atoms with Gasteiger partial charge in [-0.15, -0.1) is 0 Å². The number of nitrogens with zero attached hydrogens (tertiary/aromatic N) is 3. The quantitative estimate of drug-likeness (QED) is 0.229. The van der Waals surface area contributed by atoms with Crippen LogP contribution in [0.3, 0.4) is 0 Å². The van der Waals surface area contributed by atoms with Crippen LogP contribution >= 0.6 is 11.6 Å². The Morgan fingerprint density at radius 3 is 2.44 bits per heavy atom. The molecule has 0 atom stereocenters. The maximum Gasteiger partial charge on any atom is 0.416 e. The highest BCUT2D eigenvalue weighted by atomic mass is 35.5. The standard InChI is InChI=1S/C25H23ClF3N7O3/c1-24(2,11-37)35-22(38)16-10-36-20(21(30)31-12-32-36)19(16)13-3-6-15(7-4-13)33-23(39)34-18-9-14(25(27,28)29)5-8-17(18)26/h3-10,12,37H,11H2,1-2H3,(H,35,38)(H2,30,31,32)(H2,33,34,39). The number of aliphatic hydroxyl groups is 1. The fourth-order valence-corrected chi connectivity index (χ4v) is 3.88. The molecular weight excluding hydrogens is 539 g/mol. The summed E-state index contributed by atoms with van der Waals surface area (Å²) in [7, 11) is 0. The van der Waals surface area contributed by atoms with Crippen LogP contribution in [0.2, 0.25) is 5.02 Å². The molecule has 0 fully saturated rings. The number of hydrogen-bond donors (Lipinski definition) is 5. The number of amides is 3. The molecule has 0 radical (unpaired) electrons. The number of aromatic nitrogens is 3. The summed E-state index contributed by atoms with van der Waals surface area (Å²) in [5, 5.41) is 21.2. The lowest BCUT2D eigenvalue weighted by molar-refractivity contribution is -0.137. The van der Waals surface area contributed by atoms with Crippen LogP contribution in [0.4, 0.5) is 35.2 Å². The zero-order chi connectivity index (χ0) is 28.5. The van der Waals surface area contributed by atoms with Crippen molar-refractivity contribution in [3.05, 3.63) is 71.1 Å². The monoisotopic (exact) mass is 561 g/mol. The molecule has 0 aliphatic rings. The first-order chi connectivity index (χ1) is 18.3. The van der Waals surface area contributed by atoms with E-state index in [2.05, 4.69) is 26.0 Å². The lowest BCUT2D eigenvalue weighted by atomic mass is 10.00. The summed E-state index contributed by atoms with van der Waals surface area (Å²) in [5.74, 6) is -0.353. The largest absolute Gasteiger partial charge is 0.416 e. The van der Waals surface area contributed by atoms with Crippen molar-refractivity contribution in [1.82, 2.24) is 19.9 Å². The number of nitrogens with two attached hydrogens (primary N) is 1. The molecule has 2 aromatic heterocycles. The summed E-state index contributed by atoms with van der Waals surface area (Å²) in [4.78, 5) is 29.6. The third-order valence-corrected chi connectivity index (χ3v) is 6.00. The van der Waals surface area contributed by atoms with Gasteiger partial charge in [0, 0.05) is 17.4 Å². The molecule has 6 N–H and O–H groups in total. The first-order valence-electron chi connectivity index (χ1n) is 11.4. The Hall–Kier alpha value is -4.36. The molecule has 0 unspecified atom stereocenters. The fraction of sp³-hybridized carbons (Fsp3) is 0.200. The highest BCUT2D eigenvalue weighted by molar-refractivity contribution is 6.33. The SMILES string of the molecule is CC(C)(CO)NC(=O)c1cn2ncnc(N)c2c1-c1ccc(NC(=O)Nc2cc(C(F)(F)F)ccc2Cl)cc1. The molecule has 0 bridgehead atoms. The smallest absolute Gasteiger partial charge is 0.394 e. The molecule has 2 heterocycles. The molecule has 0 saturated carbocycles. The molecule has 0 spiro atoms. The van der Waals surface area contributed by atoms with Gasteiger partial charge in [-0.2, -0.15) is 18.3 Å². The number of carbonyl (C=O) groups excluding carboxylic acids is 2. The van der Waals surface area contributed by atoms with E-state index in [1.807, 2.05) is 0 Å². The summed E-state index contributed by atoms with van der Waals surface area (Å²) in [6.45, 7) is 3.02. The van der Waals surface area contributed by atoms with Gasteiger partial charge in [-0.1, -0.05) is 23.7 Å². The summed E-state index contributed by atoms with van der Waals surface area (Å²) in [5.41, 5.74) is 5.89. The Morgan fingerprint density at radius 2 is 1.79 bits per heavy atom. The summed E-state index contributed by atoms with van der Waals surface area (Å²) in [6.07, 6.45) is -1.87. The second-order valence-electron chi connectivity index (χ2n) is 9.20. The van der Waals surface area contributed by atoms with E-state index in [1.165, 1.54) is 29.2 Å². The Balaban J connectivity index is 1.61. The minimum Gasteiger partial charge on any atom is -0.394 e. The molecular formula is C25H23ClF3N7O3. The number of halogens is 4. The molecule has 4 aromatic rings. The molecule has 0 saturated heterocycles. The highest BCUT2D eigenvalue weighted by Crippen LogP contribution is 2.35. The molecule has 204 valence electrons. The van der Waals surface area contributed by atoms with Crippen molar-refractivity contribution < 1.29 is 27.9 Å². The van der Waals surface area contributed by atoms with Crippen molar-refractivity contribution in [2.45, 2.75) is 25.6 Å². The van der Waals surface area contributed by atoms with E-state index in [9.17, 15) is 27.9 Å². The lowest BCUT2D eigenvalue weighted by Crippen LogP contribution is -2.46. The summed E-state index contributed by atoms with van der Waals surface area (Å²) >= 11 is 5.94. The van der Waals surface area contributed by atoms with Crippen LogP contribution in [-0.2, 0) is 6.18 Å². The number of nitrogen functional groups attached to an aromatic ring is 1. The van der Waals surface area contributed by atoms with Crippen LogP contribution < -0.4 is 21.7 Å². The summed E-state index contributed by atoms with van der Waals surface area (Å²) in [6, 6.07) is 8.07. The molecule has 14 heteroatoms. The summed E-state index contributed by atoms with van der Waals surface area (Å²) < 4.78 is 40.5. The van der Waals surface area contributed by atoms with Crippen LogP contribution in [0.1, 0.15) is 29.8 Å². The van der Waals surface area contributed by atoms with Gasteiger partial charge < -0.3 is 26.8 Å². The molecule has 3 amide bonds. The zero-order valence-corrected chi connectivity index (χ0v) is 21.4. The number of benzene rings is 2. The maximum atomic E-state index is 13.1. The minimum atomic E-state index is -4.60. The number of urea groups is 1. The predicted octanol–water partition coefficient (Wildman–Crippen LogP) is 4.80. The van der Waals surface area contributed by atoms with Crippen LogP contribution in [0, 0.1) is 0 Å². The van der Waals surface area contributed by atoms with Gasteiger partial charge in [-0.3, -0.25) is 4.79 Å². The third-order valence-electron chi connectivity index (χ3n) is 5.67. The van der Waals surface area contributed by atoms with E-state index < -0.39 is 29.2 Å². The Bertz CT molecular complexity index is 1550. The minimum absolute atomic E-state index is 0.0657. The number of rotatable bonds is 6. The Morgan fingerprint density at radius 1 is 1.10 bits per heavy atom.